The lowest BCUT2D eigenvalue weighted by Gasteiger charge is -2.30. The summed E-state index contributed by atoms with van der Waals surface area (Å²) >= 11 is 0. The van der Waals surface area contributed by atoms with Crippen LogP contribution in [0.1, 0.15) is 36.2 Å². The number of aryl methyl sites for hydroxylation is 1. The fourth-order valence-corrected chi connectivity index (χ4v) is 4.29. The molecule has 1 aliphatic heterocycles. The molecule has 1 heterocycles. The smallest absolute Gasteiger partial charge is 0.259 e. The number of amides is 1. The predicted molar refractivity (Wildman–Crippen MR) is 95.2 cm³/mol. The fraction of sp³-hybridized carbons (Fsp3) is 0.316. The van der Waals surface area contributed by atoms with Gasteiger partial charge in [0.15, 0.2) is 9.84 Å². The van der Waals surface area contributed by atoms with E-state index in [-0.39, 0.29) is 10.5 Å². The molecule has 3 rings (SSSR count). The van der Waals surface area contributed by atoms with E-state index in [1.165, 1.54) is 29.2 Å². The average molecular weight is 361 g/mol. The number of carbonyl (C=O) groups is 1. The molecule has 0 saturated heterocycles. The van der Waals surface area contributed by atoms with Gasteiger partial charge in [0.05, 0.1) is 21.4 Å². The number of rotatable bonds is 3. The first-order valence-electron chi connectivity index (χ1n) is 8.25. The van der Waals surface area contributed by atoms with Crippen LogP contribution in [0.5, 0.6) is 0 Å². The highest BCUT2D eigenvalue weighted by atomic mass is 32.2. The molecule has 0 spiro atoms. The van der Waals surface area contributed by atoms with Crippen molar-refractivity contribution in [1.29, 1.82) is 0 Å². The van der Waals surface area contributed by atoms with Crippen LogP contribution in [0.2, 0.25) is 0 Å². The predicted octanol–water partition coefficient (Wildman–Crippen LogP) is 3.60. The van der Waals surface area contributed by atoms with Gasteiger partial charge < -0.3 is 4.90 Å². The molecule has 0 aromatic heterocycles. The molecule has 1 aliphatic rings. The molecule has 0 N–H and O–H groups in total. The van der Waals surface area contributed by atoms with Crippen molar-refractivity contribution in [2.75, 3.05) is 11.4 Å². The highest BCUT2D eigenvalue weighted by Gasteiger charge is 2.30. The van der Waals surface area contributed by atoms with E-state index in [2.05, 4.69) is 0 Å². The summed E-state index contributed by atoms with van der Waals surface area (Å²) in [6.07, 6.45) is 1.52. The average Bonchev–Trinajstić information content (AvgIpc) is 2.60. The van der Waals surface area contributed by atoms with Crippen molar-refractivity contribution in [3.05, 3.63) is 59.4 Å². The standard InChI is InChI=1S/C19H20FNO3S/c1-13(2)25(23,24)18-8-4-3-7-16(18)19(22)21-11-5-6-14-9-10-15(20)12-17(14)21/h3-4,7-10,12-13H,5-6,11H2,1-2H3. The Morgan fingerprint density at radius 1 is 1.16 bits per heavy atom. The molecule has 0 bridgehead atoms. The van der Waals surface area contributed by atoms with Gasteiger partial charge in [-0.25, -0.2) is 12.8 Å². The van der Waals surface area contributed by atoms with Crippen molar-refractivity contribution >= 4 is 21.4 Å². The highest BCUT2D eigenvalue weighted by molar-refractivity contribution is 7.92. The number of sulfone groups is 1. The Kier molecular flexibility index (Phi) is 4.64. The zero-order valence-electron chi connectivity index (χ0n) is 14.2. The molecule has 6 heteroatoms. The van der Waals surface area contributed by atoms with Crippen LogP contribution < -0.4 is 4.90 Å². The van der Waals surface area contributed by atoms with Crippen LogP contribution in [0, 0.1) is 5.82 Å². The van der Waals surface area contributed by atoms with Crippen molar-refractivity contribution < 1.29 is 17.6 Å². The van der Waals surface area contributed by atoms with Gasteiger partial charge in [-0.2, -0.15) is 0 Å². The van der Waals surface area contributed by atoms with E-state index in [4.69, 9.17) is 0 Å². The maximum Gasteiger partial charge on any atom is 0.259 e. The summed E-state index contributed by atoms with van der Waals surface area (Å²) in [4.78, 5) is 14.6. The van der Waals surface area contributed by atoms with Crippen molar-refractivity contribution in [3.63, 3.8) is 0 Å². The van der Waals surface area contributed by atoms with E-state index >= 15 is 0 Å². The van der Waals surface area contributed by atoms with E-state index in [0.29, 0.717) is 12.2 Å². The lowest BCUT2D eigenvalue weighted by Crippen LogP contribution is -2.36. The number of anilines is 1. The number of nitrogens with zero attached hydrogens (tertiary/aromatic N) is 1. The van der Waals surface area contributed by atoms with Crippen molar-refractivity contribution in [2.45, 2.75) is 36.8 Å². The second-order valence-corrected chi connectivity index (χ2v) is 8.90. The lowest BCUT2D eigenvalue weighted by atomic mass is 10.0. The Bertz CT molecular complexity index is 922. The molecule has 2 aromatic carbocycles. The summed E-state index contributed by atoms with van der Waals surface area (Å²) in [7, 11) is -3.60. The monoisotopic (exact) mass is 361 g/mol. The third-order valence-corrected chi connectivity index (χ3v) is 6.67. The van der Waals surface area contributed by atoms with E-state index in [0.717, 1.165) is 18.4 Å². The third kappa shape index (κ3) is 3.18. The summed E-state index contributed by atoms with van der Waals surface area (Å²) in [5, 5.41) is -0.632. The zero-order chi connectivity index (χ0) is 18.2. The number of halogens is 1. The molecular formula is C19H20FNO3S. The summed E-state index contributed by atoms with van der Waals surface area (Å²) in [5.74, 6) is -0.826. The van der Waals surface area contributed by atoms with Gasteiger partial charge in [-0.15, -0.1) is 0 Å². The lowest BCUT2D eigenvalue weighted by molar-refractivity contribution is 0.0982. The van der Waals surface area contributed by atoms with Crippen LogP contribution in [-0.4, -0.2) is 26.1 Å². The molecule has 0 saturated carbocycles. The minimum atomic E-state index is -3.60. The van der Waals surface area contributed by atoms with E-state index < -0.39 is 26.8 Å². The van der Waals surface area contributed by atoms with Gasteiger partial charge in [0.2, 0.25) is 0 Å². The SMILES string of the molecule is CC(C)S(=O)(=O)c1ccccc1C(=O)N1CCCc2ccc(F)cc21. The molecule has 25 heavy (non-hydrogen) atoms. The summed E-state index contributed by atoms with van der Waals surface area (Å²) < 4.78 is 38.9. The van der Waals surface area contributed by atoms with Crippen LogP contribution in [0.4, 0.5) is 10.1 Å². The molecule has 0 aliphatic carbocycles. The van der Waals surface area contributed by atoms with Gasteiger partial charge in [0.1, 0.15) is 5.82 Å². The minimum Gasteiger partial charge on any atom is -0.308 e. The molecule has 0 radical (unpaired) electrons. The number of benzene rings is 2. The molecule has 0 unspecified atom stereocenters. The van der Waals surface area contributed by atoms with Crippen LogP contribution in [0.3, 0.4) is 0 Å². The molecule has 1 amide bonds. The normalized spacial score (nSPS) is 14.5. The number of hydrogen-bond acceptors (Lipinski definition) is 3. The fourth-order valence-electron chi connectivity index (χ4n) is 3.05. The minimum absolute atomic E-state index is 0.0264. The van der Waals surface area contributed by atoms with Crippen LogP contribution >= 0.6 is 0 Å². The number of fused-ring (bicyclic) bond motifs is 1. The maximum atomic E-state index is 13.7. The molecular weight excluding hydrogens is 341 g/mol. The van der Waals surface area contributed by atoms with Crippen molar-refractivity contribution in [3.8, 4) is 0 Å². The van der Waals surface area contributed by atoms with E-state index in [1.54, 1.807) is 32.0 Å². The van der Waals surface area contributed by atoms with Gasteiger partial charge in [-0.1, -0.05) is 18.2 Å². The first-order valence-corrected chi connectivity index (χ1v) is 9.80. The number of hydrogen-bond donors (Lipinski definition) is 0. The molecule has 132 valence electrons. The van der Waals surface area contributed by atoms with Gasteiger partial charge in [0.25, 0.3) is 5.91 Å². The third-order valence-electron chi connectivity index (χ3n) is 4.46. The Morgan fingerprint density at radius 2 is 1.88 bits per heavy atom. The molecule has 2 aromatic rings. The zero-order valence-corrected chi connectivity index (χ0v) is 15.0. The van der Waals surface area contributed by atoms with Gasteiger partial charge in [-0.05, 0) is 56.5 Å². The Labute approximate surface area is 147 Å². The maximum absolute atomic E-state index is 13.7. The Balaban J connectivity index is 2.09. The second-order valence-electron chi connectivity index (χ2n) is 6.42. The molecule has 0 fully saturated rings. The first-order chi connectivity index (χ1) is 11.8. The second kappa shape index (κ2) is 6.59. The van der Waals surface area contributed by atoms with E-state index in [1.807, 2.05) is 0 Å². The summed E-state index contributed by atoms with van der Waals surface area (Å²) in [6, 6.07) is 10.6. The number of carbonyl (C=O) groups excluding carboxylic acids is 1. The first kappa shape index (κ1) is 17.6. The van der Waals surface area contributed by atoms with Crippen LogP contribution in [0.25, 0.3) is 0 Å². The van der Waals surface area contributed by atoms with Crippen LogP contribution in [-0.2, 0) is 16.3 Å². The molecule has 0 atom stereocenters. The Hall–Kier alpha value is -2.21. The topological polar surface area (TPSA) is 54.5 Å². The van der Waals surface area contributed by atoms with Gasteiger partial charge >= 0.3 is 0 Å². The largest absolute Gasteiger partial charge is 0.308 e. The highest BCUT2D eigenvalue weighted by Crippen LogP contribution is 2.31. The van der Waals surface area contributed by atoms with E-state index in [9.17, 15) is 17.6 Å². The van der Waals surface area contributed by atoms with Gasteiger partial charge in [-0.3, -0.25) is 4.79 Å². The van der Waals surface area contributed by atoms with Gasteiger partial charge in [0, 0.05) is 6.54 Å². The Morgan fingerprint density at radius 3 is 2.60 bits per heavy atom. The van der Waals surface area contributed by atoms with Crippen molar-refractivity contribution in [2.24, 2.45) is 0 Å². The van der Waals surface area contributed by atoms with Crippen molar-refractivity contribution in [1.82, 2.24) is 0 Å². The summed E-state index contributed by atoms with van der Waals surface area (Å²) in [6.45, 7) is 3.61. The summed E-state index contributed by atoms with van der Waals surface area (Å²) in [5.41, 5.74) is 1.55. The van der Waals surface area contributed by atoms with Crippen LogP contribution in [0.15, 0.2) is 47.4 Å². The quantitative estimate of drug-likeness (QED) is 0.839. The molecule has 4 nitrogen and oxygen atoms in total.